The number of amides is 1. The van der Waals surface area contributed by atoms with E-state index in [9.17, 15) is 4.79 Å². The van der Waals surface area contributed by atoms with Gasteiger partial charge in [0.05, 0.1) is 6.61 Å². The number of hydrogen-bond acceptors (Lipinski definition) is 2. The van der Waals surface area contributed by atoms with Crippen LogP contribution in [0.25, 0.3) is 0 Å². The van der Waals surface area contributed by atoms with Crippen molar-refractivity contribution in [1.29, 1.82) is 0 Å². The van der Waals surface area contributed by atoms with Gasteiger partial charge in [-0.15, -0.1) is 0 Å². The van der Waals surface area contributed by atoms with Crippen LogP contribution in [0.5, 0.6) is 5.75 Å². The lowest BCUT2D eigenvalue weighted by Crippen LogP contribution is -2.22. The molecule has 2 aromatic carbocycles. The standard InChI is InChI=1S/C17H18BrNO2/c18-15-8-4-9-16(12-15)21-11-5-10-17(20)19-13-14-6-2-1-3-7-14/h1-4,6-9,12H,5,10-11,13H2,(H,19,20). The Hall–Kier alpha value is -1.81. The summed E-state index contributed by atoms with van der Waals surface area (Å²) >= 11 is 3.39. The molecule has 2 rings (SSSR count). The number of carbonyl (C=O) groups is 1. The van der Waals surface area contributed by atoms with Crippen LogP contribution in [-0.4, -0.2) is 12.5 Å². The molecule has 0 saturated heterocycles. The monoisotopic (exact) mass is 347 g/mol. The number of rotatable bonds is 7. The van der Waals surface area contributed by atoms with Gasteiger partial charge in [0, 0.05) is 17.4 Å². The second-order valence-corrected chi connectivity index (χ2v) is 5.59. The average molecular weight is 348 g/mol. The average Bonchev–Trinajstić information content (AvgIpc) is 2.51. The third-order valence-electron chi connectivity index (χ3n) is 2.95. The topological polar surface area (TPSA) is 38.3 Å². The summed E-state index contributed by atoms with van der Waals surface area (Å²) < 4.78 is 6.58. The number of nitrogens with one attached hydrogen (secondary N) is 1. The Morgan fingerprint density at radius 3 is 2.67 bits per heavy atom. The van der Waals surface area contributed by atoms with Crippen LogP contribution in [0, 0.1) is 0 Å². The van der Waals surface area contributed by atoms with Crippen LogP contribution in [0.4, 0.5) is 0 Å². The van der Waals surface area contributed by atoms with Crippen LogP contribution >= 0.6 is 15.9 Å². The van der Waals surface area contributed by atoms with Gasteiger partial charge >= 0.3 is 0 Å². The second kappa shape index (κ2) is 8.47. The third kappa shape index (κ3) is 6.00. The Morgan fingerprint density at radius 2 is 1.90 bits per heavy atom. The Labute approximate surface area is 133 Å². The second-order valence-electron chi connectivity index (χ2n) is 4.67. The molecule has 4 heteroatoms. The van der Waals surface area contributed by atoms with E-state index in [1.54, 1.807) is 0 Å². The summed E-state index contributed by atoms with van der Waals surface area (Å²) in [6, 6.07) is 17.6. The molecule has 0 bridgehead atoms. The van der Waals surface area contributed by atoms with Crippen LogP contribution in [0.3, 0.4) is 0 Å². The molecule has 110 valence electrons. The summed E-state index contributed by atoms with van der Waals surface area (Å²) in [5.41, 5.74) is 1.11. The predicted molar refractivity (Wildman–Crippen MR) is 87.2 cm³/mol. The summed E-state index contributed by atoms with van der Waals surface area (Å²) in [5, 5.41) is 2.90. The molecule has 1 amide bonds. The van der Waals surface area contributed by atoms with E-state index in [0.29, 0.717) is 26.0 Å². The lowest BCUT2D eigenvalue weighted by atomic mass is 10.2. The highest BCUT2D eigenvalue weighted by Crippen LogP contribution is 2.17. The SMILES string of the molecule is O=C(CCCOc1cccc(Br)c1)NCc1ccccc1. The van der Waals surface area contributed by atoms with Crippen LogP contribution in [-0.2, 0) is 11.3 Å². The molecule has 1 N–H and O–H groups in total. The van der Waals surface area contributed by atoms with Crippen LogP contribution in [0.1, 0.15) is 18.4 Å². The minimum atomic E-state index is 0.0525. The van der Waals surface area contributed by atoms with Gasteiger partial charge in [-0.2, -0.15) is 0 Å². The quantitative estimate of drug-likeness (QED) is 0.770. The first-order valence-electron chi connectivity index (χ1n) is 6.93. The van der Waals surface area contributed by atoms with Crippen molar-refractivity contribution in [3.63, 3.8) is 0 Å². The van der Waals surface area contributed by atoms with E-state index in [0.717, 1.165) is 15.8 Å². The number of halogens is 1. The molecular formula is C17H18BrNO2. The normalized spacial score (nSPS) is 10.1. The molecule has 21 heavy (non-hydrogen) atoms. The van der Waals surface area contributed by atoms with E-state index in [1.807, 2.05) is 54.6 Å². The lowest BCUT2D eigenvalue weighted by molar-refractivity contribution is -0.121. The molecule has 2 aromatic rings. The molecular weight excluding hydrogens is 330 g/mol. The summed E-state index contributed by atoms with van der Waals surface area (Å²) in [6.45, 7) is 1.11. The summed E-state index contributed by atoms with van der Waals surface area (Å²) in [5.74, 6) is 0.866. The van der Waals surface area contributed by atoms with E-state index < -0.39 is 0 Å². The number of hydrogen-bond donors (Lipinski definition) is 1. The van der Waals surface area contributed by atoms with Crippen LogP contribution in [0.15, 0.2) is 59.1 Å². The first-order valence-corrected chi connectivity index (χ1v) is 7.72. The molecule has 0 radical (unpaired) electrons. The predicted octanol–water partition coefficient (Wildman–Crippen LogP) is 3.92. The van der Waals surface area contributed by atoms with E-state index in [1.165, 1.54) is 0 Å². The number of carbonyl (C=O) groups excluding carboxylic acids is 1. The van der Waals surface area contributed by atoms with E-state index >= 15 is 0 Å². The smallest absolute Gasteiger partial charge is 0.220 e. The van der Waals surface area contributed by atoms with Crippen molar-refractivity contribution < 1.29 is 9.53 Å². The zero-order chi connectivity index (χ0) is 14.9. The van der Waals surface area contributed by atoms with Crippen molar-refractivity contribution in [3.8, 4) is 5.75 Å². The van der Waals surface area contributed by atoms with Gasteiger partial charge < -0.3 is 10.1 Å². The molecule has 0 saturated carbocycles. The Balaban J connectivity index is 1.61. The van der Waals surface area contributed by atoms with Gasteiger partial charge in [0.1, 0.15) is 5.75 Å². The van der Waals surface area contributed by atoms with Crippen molar-refractivity contribution in [2.24, 2.45) is 0 Å². The highest BCUT2D eigenvalue weighted by Gasteiger charge is 2.02. The van der Waals surface area contributed by atoms with Crippen LogP contribution in [0.2, 0.25) is 0 Å². The van der Waals surface area contributed by atoms with E-state index in [2.05, 4.69) is 21.2 Å². The van der Waals surface area contributed by atoms with Gasteiger partial charge in [-0.1, -0.05) is 52.3 Å². The highest BCUT2D eigenvalue weighted by atomic mass is 79.9. The molecule has 0 heterocycles. The zero-order valence-corrected chi connectivity index (χ0v) is 13.3. The molecule has 0 aliphatic rings. The Morgan fingerprint density at radius 1 is 1.10 bits per heavy atom. The maximum Gasteiger partial charge on any atom is 0.220 e. The number of ether oxygens (including phenoxy) is 1. The molecule has 0 aromatic heterocycles. The summed E-state index contributed by atoms with van der Waals surface area (Å²) in [6.07, 6.45) is 1.17. The fourth-order valence-corrected chi connectivity index (χ4v) is 2.24. The lowest BCUT2D eigenvalue weighted by Gasteiger charge is -2.07. The molecule has 0 aliphatic heterocycles. The molecule has 0 atom stereocenters. The maximum absolute atomic E-state index is 11.7. The fraction of sp³-hybridized carbons (Fsp3) is 0.235. The number of benzene rings is 2. The Bertz CT molecular complexity index is 572. The van der Waals surface area contributed by atoms with Gasteiger partial charge in [0.2, 0.25) is 5.91 Å². The minimum Gasteiger partial charge on any atom is -0.494 e. The van der Waals surface area contributed by atoms with Crippen LogP contribution < -0.4 is 10.1 Å². The minimum absolute atomic E-state index is 0.0525. The van der Waals surface area contributed by atoms with Crippen molar-refractivity contribution in [3.05, 3.63) is 64.6 Å². The molecule has 0 spiro atoms. The molecule has 0 fully saturated rings. The molecule has 3 nitrogen and oxygen atoms in total. The Kier molecular flexibility index (Phi) is 6.28. The van der Waals surface area contributed by atoms with Gasteiger partial charge in [-0.25, -0.2) is 0 Å². The summed E-state index contributed by atoms with van der Waals surface area (Å²) in [7, 11) is 0. The van der Waals surface area contributed by atoms with Crippen molar-refractivity contribution >= 4 is 21.8 Å². The van der Waals surface area contributed by atoms with E-state index in [4.69, 9.17) is 4.74 Å². The molecule has 0 aliphatic carbocycles. The maximum atomic E-state index is 11.7. The fourth-order valence-electron chi connectivity index (χ4n) is 1.86. The van der Waals surface area contributed by atoms with Gasteiger partial charge in [0.25, 0.3) is 0 Å². The zero-order valence-electron chi connectivity index (χ0n) is 11.7. The van der Waals surface area contributed by atoms with Gasteiger partial charge in [-0.3, -0.25) is 4.79 Å². The van der Waals surface area contributed by atoms with E-state index in [-0.39, 0.29) is 5.91 Å². The van der Waals surface area contributed by atoms with Gasteiger partial charge in [-0.05, 0) is 30.2 Å². The molecule has 0 unspecified atom stereocenters. The largest absolute Gasteiger partial charge is 0.494 e. The first kappa shape index (κ1) is 15.6. The van der Waals surface area contributed by atoms with Crippen molar-refractivity contribution in [1.82, 2.24) is 5.32 Å². The summed E-state index contributed by atoms with van der Waals surface area (Å²) in [4.78, 5) is 11.7. The van der Waals surface area contributed by atoms with Crippen molar-refractivity contribution in [2.75, 3.05) is 6.61 Å². The first-order chi connectivity index (χ1) is 10.2. The third-order valence-corrected chi connectivity index (χ3v) is 3.44. The highest BCUT2D eigenvalue weighted by molar-refractivity contribution is 9.10. The van der Waals surface area contributed by atoms with Crippen molar-refractivity contribution in [2.45, 2.75) is 19.4 Å². The van der Waals surface area contributed by atoms with Gasteiger partial charge in [0.15, 0.2) is 0 Å².